The predicted octanol–water partition coefficient (Wildman–Crippen LogP) is 3.07. The summed E-state index contributed by atoms with van der Waals surface area (Å²) in [5.74, 6) is 0.0509. The Morgan fingerprint density at radius 1 is 0.917 bits per heavy atom. The molecule has 0 aromatic heterocycles. The Morgan fingerprint density at radius 3 is 2.12 bits per heavy atom. The Kier molecular flexibility index (Phi) is 5.58. The lowest BCUT2D eigenvalue weighted by Gasteiger charge is -2.17. The van der Waals surface area contributed by atoms with Crippen LogP contribution in [0.1, 0.15) is 36.7 Å². The minimum Gasteiger partial charge on any atom is -0.489 e. The fourth-order valence-electron chi connectivity index (χ4n) is 1.82. The van der Waals surface area contributed by atoms with Crippen molar-refractivity contribution in [2.45, 2.75) is 27.4 Å². The van der Waals surface area contributed by atoms with E-state index in [1.54, 1.807) is 45.0 Å². The molecule has 0 fully saturated rings. The minimum absolute atomic E-state index is 0.251. The third-order valence-electron chi connectivity index (χ3n) is 3.34. The van der Waals surface area contributed by atoms with E-state index in [9.17, 15) is 9.59 Å². The van der Waals surface area contributed by atoms with Crippen molar-refractivity contribution in [1.29, 1.82) is 0 Å². The van der Waals surface area contributed by atoms with Crippen LogP contribution in [0.2, 0.25) is 0 Å². The van der Waals surface area contributed by atoms with E-state index in [1.807, 2.05) is 30.3 Å². The highest BCUT2D eigenvalue weighted by Crippen LogP contribution is 2.15. The van der Waals surface area contributed by atoms with Gasteiger partial charge in [0.05, 0.1) is 0 Å². The summed E-state index contributed by atoms with van der Waals surface area (Å²) in [6, 6.07) is 16.6. The average molecular weight is 326 g/mol. The van der Waals surface area contributed by atoms with Crippen molar-refractivity contribution in [2.75, 3.05) is 0 Å². The third-order valence-corrected chi connectivity index (χ3v) is 3.34. The van der Waals surface area contributed by atoms with Crippen LogP contribution in [-0.2, 0) is 11.4 Å². The first kappa shape index (κ1) is 17.5. The number of nitrogens with one attached hydrogen (secondary N) is 2. The van der Waals surface area contributed by atoms with E-state index in [4.69, 9.17) is 4.74 Å². The first-order valence-corrected chi connectivity index (χ1v) is 7.74. The molecule has 0 heterocycles. The number of benzene rings is 2. The fourth-order valence-corrected chi connectivity index (χ4v) is 1.82. The van der Waals surface area contributed by atoms with Gasteiger partial charge >= 0.3 is 0 Å². The van der Waals surface area contributed by atoms with Crippen molar-refractivity contribution in [1.82, 2.24) is 10.9 Å². The number of hydrogen-bond acceptors (Lipinski definition) is 3. The van der Waals surface area contributed by atoms with Crippen molar-refractivity contribution in [2.24, 2.45) is 5.41 Å². The maximum atomic E-state index is 12.0. The molecule has 0 bridgehead atoms. The van der Waals surface area contributed by atoms with E-state index in [0.29, 0.717) is 17.9 Å². The van der Waals surface area contributed by atoms with Crippen LogP contribution in [0.4, 0.5) is 0 Å². The summed E-state index contributed by atoms with van der Waals surface area (Å²) in [5.41, 5.74) is 5.76. The number of rotatable bonds is 4. The van der Waals surface area contributed by atoms with Gasteiger partial charge in [-0.2, -0.15) is 0 Å². The monoisotopic (exact) mass is 326 g/mol. The highest BCUT2D eigenvalue weighted by Gasteiger charge is 2.21. The topological polar surface area (TPSA) is 67.4 Å². The van der Waals surface area contributed by atoms with Crippen LogP contribution in [0.25, 0.3) is 0 Å². The van der Waals surface area contributed by atoms with Crippen molar-refractivity contribution in [3.8, 4) is 5.75 Å². The molecule has 2 rings (SSSR count). The Morgan fingerprint density at radius 2 is 1.54 bits per heavy atom. The Balaban J connectivity index is 1.87. The molecule has 0 aliphatic heterocycles. The zero-order valence-corrected chi connectivity index (χ0v) is 14.1. The van der Waals surface area contributed by atoms with Gasteiger partial charge in [-0.25, -0.2) is 0 Å². The number of carbonyl (C=O) groups excluding carboxylic acids is 2. The molecule has 0 radical (unpaired) electrons. The molecule has 0 saturated heterocycles. The summed E-state index contributed by atoms with van der Waals surface area (Å²) in [7, 11) is 0. The van der Waals surface area contributed by atoms with Crippen LogP contribution in [0.15, 0.2) is 54.6 Å². The maximum Gasteiger partial charge on any atom is 0.269 e. The molecule has 0 unspecified atom stereocenters. The third kappa shape index (κ3) is 5.12. The summed E-state index contributed by atoms with van der Waals surface area (Å²) in [5, 5.41) is 0. The van der Waals surface area contributed by atoms with Gasteiger partial charge < -0.3 is 4.74 Å². The van der Waals surface area contributed by atoms with Crippen LogP contribution in [-0.4, -0.2) is 11.8 Å². The fraction of sp³-hybridized carbons (Fsp3) is 0.263. The first-order chi connectivity index (χ1) is 11.4. The summed E-state index contributed by atoms with van der Waals surface area (Å²) in [4.78, 5) is 23.7. The van der Waals surface area contributed by atoms with Crippen molar-refractivity contribution in [3.05, 3.63) is 65.7 Å². The van der Waals surface area contributed by atoms with Gasteiger partial charge in [-0.05, 0) is 29.8 Å². The van der Waals surface area contributed by atoms with Gasteiger partial charge in [-0.3, -0.25) is 20.4 Å². The Labute approximate surface area is 142 Å². The molecule has 24 heavy (non-hydrogen) atoms. The highest BCUT2D eigenvalue weighted by atomic mass is 16.5. The van der Waals surface area contributed by atoms with E-state index < -0.39 is 5.41 Å². The van der Waals surface area contributed by atoms with Crippen LogP contribution in [0, 0.1) is 5.41 Å². The molecule has 5 heteroatoms. The zero-order valence-electron chi connectivity index (χ0n) is 14.1. The molecule has 0 saturated carbocycles. The van der Waals surface area contributed by atoms with Crippen LogP contribution >= 0.6 is 0 Å². The van der Waals surface area contributed by atoms with Gasteiger partial charge in [-0.1, -0.05) is 51.1 Å². The van der Waals surface area contributed by atoms with Crippen molar-refractivity contribution >= 4 is 11.8 Å². The molecule has 0 atom stereocenters. The van der Waals surface area contributed by atoms with E-state index in [1.165, 1.54) is 0 Å². The Hall–Kier alpha value is -2.82. The molecular weight excluding hydrogens is 304 g/mol. The summed E-state index contributed by atoms with van der Waals surface area (Å²) >= 11 is 0. The molecular formula is C19H22N2O3. The van der Waals surface area contributed by atoms with E-state index in [-0.39, 0.29) is 11.8 Å². The second-order valence-corrected chi connectivity index (χ2v) is 6.46. The SMILES string of the molecule is CC(C)(C)C(=O)NNC(=O)c1ccc(OCc2ccccc2)cc1. The van der Waals surface area contributed by atoms with Crippen molar-refractivity contribution < 1.29 is 14.3 Å². The van der Waals surface area contributed by atoms with E-state index >= 15 is 0 Å². The van der Waals surface area contributed by atoms with Gasteiger partial charge in [0, 0.05) is 11.0 Å². The number of hydrogen-bond donors (Lipinski definition) is 2. The normalized spacial score (nSPS) is 10.8. The van der Waals surface area contributed by atoms with Gasteiger partial charge in [0.1, 0.15) is 12.4 Å². The number of ether oxygens (including phenoxy) is 1. The van der Waals surface area contributed by atoms with E-state index in [0.717, 1.165) is 5.56 Å². The molecule has 2 aromatic carbocycles. The molecule has 126 valence electrons. The Bertz CT molecular complexity index is 689. The second kappa shape index (κ2) is 7.64. The van der Waals surface area contributed by atoms with Crippen LogP contribution < -0.4 is 15.6 Å². The van der Waals surface area contributed by atoms with Gasteiger partial charge in [0.2, 0.25) is 5.91 Å². The number of carbonyl (C=O) groups is 2. The molecule has 0 aliphatic carbocycles. The molecule has 5 nitrogen and oxygen atoms in total. The summed E-state index contributed by atoms with van der Waals surface area (Å²) in [6.45, 7) is 5.78. The van der Waals surface area contributed by atoms with Crippen LogP contribution in [0.5, 0.6) is 5.75 Å². The lowest BCUT2D eigenvalue weighted by molar-refractivity contribution is -0.129. The summed E-state index contributed by atoms with van der Waals surface area (Å²) < 4.78 is 5.67. The maximum absolute atomic E-state index is 12.0. The zero-order chi connectivity index (χ0) is 17.6. The minimum atomic E-state index is -0.567. The highest BCUT2D eigenvalue weighted by molar-refractivity contribution is 5.95. The second-order valence-electron chi connectivity index (χ2n) is 6.46. The largest absolute Gasteiger partial charge is 0.489 e. The summed E-state index contributed by atoms with van der Waals surface area (Å²) in [6.07, 6.45) is 0. The molecule has 2 amide bonds. The average Bonchev–Trinajstić information content (AvgIpc) is 2.58. The molecule has 2 N–H and O–H groups in total. The lowest BCUT2D eigenvalue weighted by atomic mass is 9.96. The first-order valence-electron chi connectivity index (χ1n) is 7.74. The van der Waals surface area contributed by atoms with Crippen LogP contribution in [0.3, 0.4) is 0 Å². The van der Waals surface area contributed by atoms with Gasteiger partial charge in [0.15, 0.2) is 0 Å². The predicted molar refractivity (Wildman–Crippen MR) is 92.3 cm³/mol. The quantitative estimate of drug-likeness (QED) is 0.849. The molecule has 0 spiro atoms. The standard InChI is InChI=1S/C19H22N2O3/c1-19(2,3)18(23)21-20-17(22)15-9-11-16(12-10-15)24-13-14-7-5-4-6-8-14/h4-12H,13H2,1-3H3,(H,20,22)(H,21,23). The van der Waals surface area contributed by atoms with E-state index in [2.05, 4.69) is 10.9 Å². The molecule has 2 aromatic rings. The lowest BCUT2D eigenvalue weighted by Crippen LogP contribution is -2.46. The molecule has 0 aliphatic rings. The smallest absolute Gasteiger partial charge is 0.269 e. The number of hydrazine groups is 1. The number of amides is 2. The van der Waals surface area contributed by atoms with Crippen molar-refractivity contribution in [3.63, 3.8) is 0 Å². The van der Waals surface area contributed by atoms with Gasteiger partial charge in [0.25, 0.3) is 5.91 Å². The van der Waals surface area contributed by atoms with Gasteiger partial charge in [-0.15, -0.1) is 0 Å².